The smallest absolute Gasteiger partial charge is 0.243 e. The zero-order valence-electron chi connectivity index (χ0n) is 12.9. The summed E-state index contributed by atoms with van der Waals surface area (Å²) in [6.07, 6.45) is 1.11. The first-order valence-corrected chi connectivity index (χ1v) is 8.93. The minimum absolute atomic E-state index is 0.0446. The second kappa shape index (κ2) is 5.61. The summed E-state index contributed by atoms with van der Waals surface area (Å²) in [5.74, 6) is -0.675. The number of piperidine rings is 1. The van der Waals surface area contributed by atoms with E-state index in [0.717, 1.165) is 11.3 Å². The number of rotatable bonds is 3. The Morgan fingerprint density at radius 3 is 2.52 bits per heavy atom. The van der Waals surface area contributed by atoms with Crippen molar-refractivity contribution in [3.05, 3.63) is 23.8 Å². The van der Waals surface area contributed by atoms with E-state index in [9.17, 15) is 18.0 Å². The molecule has 2 heterocycles. The molecule has 0 bridgehead atoms. The lowest BCUT2D eigenvalue weighted by Crippen LogP contribution is -2.41. The number of hydrogen-bond donors (Lipinski definition) is 1. The molecule has 0 atom stereocenters. The Balaban J connectivity index is 1.83. The number of carbonyl (C=O) groups is 2. The Kier molecular flexibility index (Phi) is 3.89. The van der Waals surface area contributed by atoms with E-state index in [1.165, 1.54) is 15.3 Å². The van der Waals surface area contributed by atoms with Crippen LogP contribution in [0.5, 0.6) is 0 Å². The quantitative estimate of drug-likeness (QED) is 0.845. The zero-order chi connectivity index (χ0) is 16.8. The van der Waals surface area contributed by atoms with Gasteiger partial charge in [0.2, 0.25) is 21.8 Å². The molecule has 0 unspecified atom stereocenters. The van der Waals surface area contributed by atoms with Crippen LogP contribution in [-0.2, 0) is 26.0 Å². The minimum Gasteiger partial charge on any atom is -0.369 e. The van der Waals surface area contributed by atoms with Crippen LogP contribution in [0.1, 0.15) is 18.4 Å². The first kappa shape index (κ1) is 15.9. The molecule has 3 rings (SSSR count). The van der Waals surface area contributed by atoms with Gasteiger partial charge in [-0.2, -0.15) is 4.31 Å². The second-order valence-electron chi connectivity index (χ2n) is 6.00. The molecule has 0 spiro atoms. The van der Waals surface area contributed by atoms with Gasteiger partial charge in [0, 0.05) is 31.7 Å². The number of carbonyl (C=O) groups excluding carboxylic acids is 2. The van der Waals surface area contributed by atoms with Crippen LogP contribution >= 0.6 is 0 Å². The predicted octanol–water partition coefficient (Wildman–Crippen LogP) is 0.0915. The van der Waals surface area contributed by atoms with E-state index in [0.29, 0.717) is 12.8 Å². The Bertz CT molecular complexity index is 767. The summed E-state index contributed by atoms with van der Waals surface area (Å²) in [6.45, 7) is 0.567. The molecule has 8 heteroatoms. The summed E-state index contributed by atoms with van der Waals surface area (Å²) in [7, 11) is -1.94. The van der Waals surface area contributed by atoms with Gasteiger partial charge in [0.05, 0.1) is 11.3 Å². The molecule has 1 fully saturated rings. The van der Waals surface area contributed by atoms with Crippen molar-refractivity contribution in [1.82, 2.24) is 4.31 Å². The molecule has 0 saturated carbocycles. The van der Waals surface area contributed by atoms with Crippen LogP contribution in [0.25, 0.3) is 0 Å². The van der Waals surface area contributed by atoms with Gasteiger partial charge < -0.3 is 10.6 Å². The Hall–Kier alpha value is -1.93. The molecule has 0 aliphatic carbocycles. The lowest BCUT2D eigenvalue weighted by molar-refractivity contribution is -0.122. The molecule has 0 radical (unpaired) electrons. The average Bonchev–Trinajstić information content (AvgIpc) is 2.81. The topological polar surface area (TPSA) is 101 Å². The van der Waals surface area contributed by atoms with Gasteiger partial charge in [-0.25, -0.2) is 8.42 Å². The monoisotopic (exact) mass is 337 g/mol. The molecule has 1 aromatic rings. The van der Waals surface area contributed by atoms with Gasteiger partial charge in [-0.1, -0.05) is 0 Å². The first-order chi connectivity index (χ1) is 10.8. The fourth-order valence-electron chi connectivity index (χ4n) is 3.14. The summed E-state index contributed by atoms with van der Waals surface area (Å²) in [4.78, 5) is 24.6. The molecule has 7 nitrogen and oxygen atoms in total. The largest absolute Gasteiger partial charge is 0.369 e. The number of nitrogens with two attached hydrogens (primary N) is 1. The lowest BCUT2D eigenvalue weighted by Gasteiger charge is -2.29. The number of fused-ring (bicyclic) bond motifs is 1. The van der Waals surface area contributed by atoms with Crippen LogP contribution in [0.4, 0.5) is 5.69 Å². The maximum absolute atomic E-state index is 12.7. The van der Waals surface area contributed by atoms with Crippen molar-refractivity contribution in [2.24, 2.45) is 11.7 Å². The van der Waals surface area contributed by atoms with Gasteiger partial charge in [-0.15, -0.1) is 0 Å². The summed E-state index contributed by atoms with van der Waals surface area (Å²) in [5.41, 5.74) is 6.76. The van der Waals surface area contributed by atoms with Crippen LogP contribution in [0.3, 0.4) is 0 Å². The summed E-state index contributed by atoms with van der Waals surface area (Å²) >= 11 is 0. The molecule has 0 aromatic heterocycles. The van der Waals surface area contributed by atoms with Crippen molar-refractivity contribution in [2.45, 2.75) is 24.2 Å². The molecule has 124 valence electrons. The van der Waals surface area contributed by atoms with E-state index in [2.05, 4.69) is 0 Å². The minimum atomic E-state index is -3.62. The molecule has 1 saturated heterocycles. The maximum Gasteiger partial charge on any atom is 0.243 e. The Morgan fingerprint density at radius 1 is 1.26 bits per heavy atom. The van der Waals surface area contributed by atoms with Crippen LogP contribution < -0.4 is 10.6 Å². The molecular weight excluding hydrogens is 318 g/mol. The highest BCUT2D eigenvalue weighted by Gasteiger charge is 2.33. The van der Waals surface area contributed by atoms with E-state index < -0.39 is 10.0 Å². The van der Waals surface area contributed by atoms with Crippen LogP contribution in [0.2, 0.25) is 0 Å². The van der Waals surface area contributed by atoms with Gasteiger partial charge in [0.15, 0.2) is 0 Å². The molecule has 2 aliphatic rings. The fraction of sp³-hybridized carbons (Fsp3) is 0.467. The number of sulfonamides is 1. The standard InChI is InChI=1S/C15H19N3O4S/c1-17-13-3-2-12(8-11(13)9-14(17)19)23(21,22)18-6-4-10(5-7-18)15(16)20/h2-3,8,10H,4-7,9H2,1H3,(H2,16,20). The zero-order valence-corrected chi connectivity index (χ0v) is 13.7. The third-order valence-corrected chi connectivity index (χ3v) is 6.52. The van der Waals surface area contributed by atoms with E-state index >= 15 is 0 Å². The van der Waals surface area contributed by atoms with Gasteiger partial charge in [-0.3, -0.25) is 9.59 Å². The van der Waals surface area contributed by atoms with Crippen LogP contribution in [0.15, 0.2) is 23.1 Å². The lowest BCUT2D eigenvalue weighted by atomic mass is 9.98. The molecule has 2 aliphatic heterocycles. The van der Waals surface area contributed by atoms with E-state index in [-0.39, 0.29) is 42.1 Å². The van der Waals surface area contributed by atoms with Crippen molar-refractivity contribution < 1.29 is 18.0 Å². The SMILES string of the molecule is CN1C(=O)Cc2cc(S(=O)(=O)N3CCC(C(N)=O)CC3)ccc21. The average molecular weight is 337 g/mol. The van der Waals surface area contributed by atoms with Gasteiger partial charge >= 0.3 is 0 Å². The van der Waals surface area contributed by atoms with E-state index in [1.807, 2.05) is 0 Å². The second-order valence-corrected chi connectivity index (χ2v) is 7.94. The van der Waals surface area contributed by atoms with Crippen LogP contribution in [0, 0.1) is 5.92 Å². The van der Waals surface area contributed by atoms with Crippen molar-refractivity contribution in [2.75, 3.05) is 25.0 Å². The summed E-state index contributed by atoms with van der Waals surface area (Å²) in [5, 5.41) is 0. The number of amides is 2. The fourth-order valence-corrected chi connectivity index (χ4v) is 4.66. The first-order valence-electron chi connectivity index (χ1n) is 7.49. The molecule has 1 aromatic carbocycles. The number of nitrogens with zero attached hydrogens (tertiary/aromatic N) is 2. The molecule has 2 amide bonds. The summed E-state index contributed by atoms with van der Waals surface area (Å²) in [6, 6.07) is 4.78. The normalized spacial score (nSPS) is 19.9. The number of anilines is 1. The van der Waals surface area contributed by atoms with Crippen molar-refractivity contribution in [3.8, 4) is 0 Å². The van der Waals surface area contributed by atoms with Gasteiger partial charge in [-0.05, 0) is 36.6 Å². The van der Waals surface area contributed by atoms with E-state index in [4.69, 9.17) is 5.73 Å². The highest BCUT2D eigenvalue weighted by Crippen LogP contribution is 2.31. The molecular formula is C15H19N3O4S. The van der Waals surface area contributed by atoms with Gasteiger partial charge in [0.25, 0.3) is 0 Å². The third-order valence-electron chi connectivity index (χ3n) is 4.62. The molecule has 2 N–H and O–H groups in total. The number of hydrogen-bond acceptors (Lipinski definition) is 4. The number of benzene rings is 1. The maximum atomic E-state index is 12.7. The molecule has 23 heavy (non-hydrogen) atoms. The highest BCUT2D eigenvalue weighted by molar-refractivity contribution is 7.89. The van der Waals surface area contributed by atoms with Crippen molar-refractivity contribution in [1.29, 1.82) is 0 Å². The van der Waals surface area contributed by atoms with Gasteiger partial charge in [0.1, 0.15) is 0 Å². The Labute approximate surface area is 135 Å². The van der Waals surface area contributed by atoms with E-state index in [1.54, 1.807) is 19.2 Å². The number of primary amides is 1. The van der Waals surface area contributed by atoms with Crippen molar-refractivity contribution in [3.63, 3.8) is 0 Å². The number of likely N-dealkylation sites (N-methyl/N-ethyl adjacent to an activating group) is 1. The van der Waals surface area contributed by atoms with Crippen LogP contribution in [-0.4, -0.2) is 44.7 Å². The Morgan fingerprint density at radius 2 is 1.91 bits per heavy atom. The van der Waals surface area contributed by atoms with Crippen molar-refractivity contribution >= 4 is 27.5 Å². The highest BCUT2D eigenvalue weighted by atomic mass is 32.2. The summed E-state index contributed by atoms with van der Waals surface area (Å²) < 4.78 is 26.9. The third kappa shape index (κ3) is 2.72. The predicted molar refractivity (Wildman–Crippen MR) is 84.2 cm³/mol.